The lowest BCUT2D eigenvalue weighted by Gasteiger charge is -2.21. The van der Waals surface area contributed by atoms with Crippen molar-refractivity contribution < 1.29 is 14.7 Å². The molecule has 0 aromatic heterocycles. The summed E-state index contributed by atoms with van der Waals surface area (Å²) in [5.41, 5.74) is 2.86. The summed E-state index contributed by atoms with van der Waals surface area (Å²) in [6, 6.07) is 3.92. The van der Waals surface area contributed by atoms with Crippen LogP contribution in [0, 0.1) is 19.8 Å². The first kappa shape index (κ1) is 13.1. The van der Waals surface area contributed by atoms with Crippen molar-refractivity contribution in [1.29, 1.82) is 0 Å². The Morgan fingerprint density at radius 2 is 2.11 bits per heavy atom. The molecule has 1 N–H and O–H groups in total. The van der Waals surface area contributed by atoms with Gasteiger partial charge in [0, 0.05) is 17.4 Å². The van der Waals surface area contributed by atoms with E-state index in [0.717, 1.165) is 21.3 Å². The first-order valence-electron chi connectivity index (χ1n) is 5.70. The van der Waals surface area contributed by atoms with Crippen LogP contribution in [0.2, 0.25) is 0 Å². The molecule has 2 rings (SSSR count). The van der Waals surface area contributed by atoms with E-state index in [0.29, 0.717) is 0 Å². The highest BCUT2D eigenvalue weighted by Gasteiger charge is 2.36. The van der Waals surface area contributed by atoms with E-state index >= 15 is 0 Å². The number of halogens is 1. The molecule has 1 saturated heterocycles. The van der Waals surface area contributed by atoms with Crippen molar-refractivity contribution in [1.82, 2.24) is 0 Å². The molecule has 0 aliphatic carbocycles. The van der Waals surface area contributed by atoms with Gasteiger partial charge in [0.2, 0.25) is 5.91 Å². The third-order valence-corrected chi connectivity index (χ3v) is 3.75. The highest BCUT2D eigenvalue weighted by atomic mass is 79.9. The summed E-state index contributed by atoms with van der Waals surface area (Å²) in [6.07, 6.45) is 0.0785. The van der Waals surface area contributed by atoms with E-state index in [1.807, 2.05) is 26.0 Å². The first-order chi connectivity index (χ1) is 8.40. The van der Waals surface area contributed by atoms with Crippen LogP contribution >= 0.6 is 15.9 Å². The maximum absolute atomic E-state index is 11.9. The molecular weight excluding hydrogens is 298 g/mol. The number of hydrogen-bond acceptors (Lipinski definition) is 2. The van der Waals surface area contributed by atoms with Crippen LogP contribution in [0.15, 0.2) is 16.6 Å². The number of amides is 1. The normalized spacial score (nSPS) is 19.4. The molecule has 1 atom stereocenters. The van der Waals surface area contributed by atoms with Crippen LogP contribution in [0.5, 0.6) is 0 Å². The quantitative estimate of drug-likeness (QED) is 0.913. The number of carboxylic acids is 1. The van der Waals surface area contributed by atoms with E-state index in [2.05, 4.69) is 15.9 Å². The van der Waals surface area contributed by atoms with Gasteiger partial charge in [-0.15, -0.1) is 0 Å². The van der Waals surface area contributed by atoms with Crippen LogP contribution in [0.4, 0.5) is 5.69 Å². The maximum atomic E-state index is 11.9. The van der Waals surface area contributed by atoms with Gasteiger partial charge < -0.3 is 10.0 Å². The number of benzene rings is 1. The fourth-order valence-corrected chi connectivity index (χ4v) is 3.23. The van der Waals surface area contributed by atoms with Crippen molar-refractivity contribution in [2.75, 3.05) is 11.4 Å². The van der Waals surface area contributed by atoms with Crippen LogP contribution in [0.25, 0.3) is 0 Å². The van der Waals surface area contributed by atoms with Crippen LogP contribution in [-0.4, -0.2) is 23.5 Å². The second-order valence-corrected chi connectivity index (χ2v) is 5.51. The predicted octanol–water partition coefficient (Wildman–Crippen LogP) is 2.50. The molecule has 1 aromatic rings. The summed E-state index contributed by atoms with van der Waals surface area (Å²) in [5, 5.41) is 8.99. The second-order valence-electron chi connectivity index (χ2n) is 4.66. The van der Waals surface area contributed by atoms with Gasteiger partial charge in [0.1, 0.15) is 0 Å². The zero-order valence-corrected chi connectivity index (χ0v) is 11.8. The Kier molecular flexibility index (Phi) is 3.43. The van der Waals surface area contributed by atoms with Crippen molar-refractivity contribution in [3.8, 4) is 0 Å². The van der Waals surface area contributed by atoms with E-state index < -0.39 is 11.9 Å². The third-order valence-electron chi connectivity index (χ3n) is 3.14. The van der Waals surface area contributed by atoms with Crippen LogP contribution in [0.3, 0.4) is 0 Å². The minimum Gasteiger partial charge on any atom is -0.481 e. The Morgan fingerprint density at radius 3 is 2.61 bits per heavy atom. The van der Waals surface area contributed by atoms with Gasteiger partial charge in [0.25, 0.3) is 0 Å². The van der Waals surface area contributed by atoms with Gasteiger partial charge in [0.15, 0.2) is 0 Å². The molecule has 4 nitrogen and oxygen atoms in total. The summed E-state index contributed by atoms with van der Waals surface area (Å²) in [6.45, 7) is 4.15. The van der Waals surface area contributed by atoms with Crippen molar-refractivity contribution in [2.24, 2.45) is 5.92 Å². The highest BCUT2D eigenvalue weighted by Crippen LogP contribution is 2.35. The summed E-state index contributed by atoms with van der Waals surface area (Å²) in [4.78, 5) is 24.4. The van der Waals surface area contributed by atoms with Crippen LogP contribution < -0.4 is 4.90 Å². The lowest BCUT2D eigenvalue weighted by Crippen LogP contribution is -2.27. The van der Waals surface area contributed by atoms with Gasteiger partial charge in [-0.05, 0) is 47.0 Å². The molecule has 96 valence electrons. The minimum atomic E-state index is -0.910. The number of aliphatic carboxylic acids is 1. The molecule has 5 heteroatoms. The molecule has 0 radical (unpaired) electrons. The second kappa shape index (κ2) is 4.72. The van der Waals surface area contributed by atoms with E-state index in [9.17, 15) is 9.59 Å². The third kappa shape index (κ3) is 2.27. The molecule has 1 aliphatic heterocycles. The minimum absolute atomic E-state index is 0.0785. The molecule has 1 heterocycles. The molecule has 0 spiro atoms. The Morgan fingerprint density at radius 1 is 1.44 bits per heavy atom. The standard InChI is InChI=1S/C13H14BrNO3/c1-7-3-8(2)12(10(14)4-7)15-6-9(13(17)18)5-11(15)16/h3-4,9H,5-6H2,1-2H3,(H,17,18). The number of carbonyl (C=O) groups excluding carboxylic acids is 1. The van der Waals surface area contributed by atoms with Crippen LogP contribution in [0.1, 0.15) is 17.5 Å². The summed E-state index contributed by atoms with van der Waals surface area (Å²) in [5.74, 6) is -1.65. The van der Waals surface area contributed by atoms with E-state index in [1.165, 1.54) is 0 Å². The van der Waals surface area contributed by atoms with Gasteiger partial charge in [-0.2, -0.15) is 0 Å². The SMILES string of the molecule is Cc1cc(C)c(N2CC(C(=O)O)CC2=O)c(Br)c1. The van der Waals surface area contributed by atoms with Crippen molar-refractivity contribution in [2.45, 2.75) is 20.3 Å². The number of nitrogens with zero attached hydrogens (tertiary/aromatic N) is 1. The van der Waals surface area contributed by atoms with Crippen molar-refractivity contribution in [3.63, 3.8) is 0 Å². The Bertz CT molecular complexity index is 504. The van der Waals surface area contributed by atoms with Crippen molar-refractivity contribution >= 4 is 33.5 Å². The fourth-order valence-electron chi connectivity index (χ4n) is 2.34. The number of rotatable bonds is 2. The lowest BCUT2D eigenvalue weighted by atomic mass is 10.1. The van der Waals surface area contributed by atoms with Crippen LogP contribution in [-0.2, 0) is 9.59 Å². The van der Waals surface area contributed by atoms with Gasteiger partial charge in [-0.25, -0.2) is 0 Å². The molecule has 0 saturated carbocycles. The zero-order chi connectivity index (χ0) is 13.4. The lowest BCUT2D eigenvalue weighted by molar-refractivity contribution is -0.141. The Balaban J connectivity index is 2.39. The number of aryl methyl sites for hydroxylation is 2. The number of anilines is 1. The molecule has 1 fully saturated rings. The van der Waals surface area contributed by atoms with E-state index in [1.54, 1.807) is 4.90 Å². The monoisotopic (exact) mass is 311 g/mol. The fraction of sp³-hybridized carbons (Fsp3) is 0.385. The van der Waals surface area contributed by atoms with Gasteiger partial charge in [-0.3, -0.25) is 9.59 Å². The highest BCUT2D eigenvalue weighted by molar-refractivity contribution is 9.10. The molecule has 1 amide bonds. The number of carbonyl (C=O) groups is 2. The van der Waals surface area contributed by atoms with E-state index in [4.69, 9.17) is 5.11 Å². The predicted molar refractivity (Wildman–Crippen MR) is 71.7 cm³/mol. The number of hydrogen-bond donors (Lipinski definition) is 1. The molecule has 1 aromatic carbocycles. The first-order valence-corrected chi connectivity index (χ1v) is 6.49. The van der Waals surface area contributed by atoms with E-state index in [-0.39, 0.29) is 18.9 Å². The smallest absolute Gasteiger partial charge is 0.308 e. The number of carboxylic acid groups (broad SMARTS) is 1. The average molecular weight is 312 g/mol. The van der Waals surface area contributed by atoms with Crippen molar-refractivity contribution in [3.05, 3.63) is 27.7 Å². The van der Waals surface area contributed by atoms with Gasteiger partial charge in [-0.1, -0.05) is 6.07 Å². The summed E-state index contributed by atoms with van der Waals surface area (Å²) >= 11 is 3.45. The molecular formula is C13H14BrNO3. The molecule has 1 aliphatic rings. The topological polar surface area (TPSA) is 57.6 Å². The molecule has 1 unspecified atom stereocenters. The largest absolute Gasteiger partial charge is 0.481 e. The maximum Gasteiger partial charge on any atom is 0.308 e. The summed E-state index contributed by atoms with van der Waals surface area (Å²) < 4.78 is 0.833. The average Bonchev–Trinajstić information content (AvgIpc) is 2.59. The van der Waals surface area contributed by atoms with Gasteiger partial charge >= 0.3 is 5.97 Å². The summed E-state index contributed by atoms with van der Waals surface area (Å²) in [7, 11) is 0. The Hall–Kier alpha value is -1.36. The zero-order valence-electron chi connectivity index (χ0n) is 10.2. The molecule has 18 heavy (non-hydrogen) atoms. The molecule has 0 bridgehead atoms. The Labute approximate surface area is 114 Å². The van der Waals surface area contributed by atoms with Gasteiger partial charge in [0.05, 0.1) is 11.6 Å².